The summed E-state index contributed by atoms with van der Waals surface area (Å²) in [6.07, 6.45) is 0. The minimum absolute atomic E-state index is 0.0244. The molecule has 0 fully saturated rings. The lowest BCUT2D eigenvalue weighted by Gasteiger charge is -2.12. The molecular formula is C19H20N4O4S. The second-order valence-electron chi connectivity index (χ2n) is 6.40. The lowest BCUT2D eigenvalue weighted by molar-refractivity contribution is 0.491. The minimum Gasteiger partial charge on any atom is -0.455 e. The van der Waals surface area contributed by atoms with Crippen LogP contribution in [0.3, 0.4) is 0 Å². The Hall–Kier alpha value is -3.09. The molecule has 8 nitrogen and oxygen atoms in total. The van der Waals surface area contributed by atoms with Crippen LogP contribution in [0.25, 0.3) is 11.7 Å². The molecule has 28 heavy (non-hydrogen) atoms. The van der Waals surface area contributed by atoms with Crippen molar-refractivity contribution in [2.24, 2.45) is 0 Å². The molecule has 0 aliphatic rings. The Morgan fingerprint density at radius 3 is 2.50 bits per heavy atom. The van der Waals surface area contributed by atoms with Gasteiger partial charge in [0.2, 0.25) is 21.6 Å². The summed E-state index contributed by atoms with van der Waals surface area (Å²) in [4.78, 5) is 4.16. The summed E-state index contributed by atoms with van der Waals surface area (Å²) in [5.74, 6) is 0.574. The van der Waals surface area contributed by atoms with Gasteiger partial charge in [-0.1, -0.05) is 30.3 Å². The van der Waals surface area contributed by atoms with E-state index in [1.807, 2.05) is 43.3 Å². The number of furan rings is 1. The summed E-state index contributed by atoms with van der Waals surface area (Å²) in [7, 11) is -0.793. The van der Waals surface area contributed by atoms with Crippen molar-refractivity contribution in [3.63, 3.8) is 0 Å². The van der Waals surface area contributed by atoms with Gasteiger partial charge in [-0.25, -0.2) is 12.7 Å². The molecule has 3 rings (SSSR count). The van der Waals surface area contributed by atoms with Crippen LogP contribution in [0.2, 0.25) is 0 Å². The standard InChI is InChI=1S/C19H20N4O4S/c1-12(14-8-6-5-7-9-14)21-18-15(11-20)22-19(27-18)16-10-17(13(2)26-16)28(24,25)23(3)4/h5-10,12,21H,1-4H3. The molecule has 1 unspecified atom stereocenters. The molecule has 0 spiro atoms. The molecule has 2 heterocycles. The molecule has 2 aromatic heterocycles. The summed E-state index contributed by atoms with van der Waals surface area (Å²) in [5.41, 5.74) is 1.07. The van der Waals surface area contributed by atoms with Crippen LogP contribution >= 0.6 is 0 Å². The average molecular weight is 400 g/mol. The van der Waals surface area contributed by atoms with Crippen molar-refractivity contribution in [3.8, 4) is 17.7 Å². The van der Waals surface area contributed by atoms with Crippen molar-refractivity contribution >= 4 is 15.9 Å². The molecule has 0 bridgehead atoms. The first-order valence-corrected chi connectivity index (χ1v) is 9.93. The van der Waals surface area contributed by atoms with E-state index >= 15 is 0 Å². The highest BCUT2D eigenvalue weighted by Gasteiger charge is 2.27. The van der Waals surface area contributed by atoms with E-state index in [0.717, 1.165) is 9.87 Å². The number of anilines is 1. The number of nitrogens with one attached hydrogen (secondary N) is 1. The highest BCUT2D eigenvalue weighted by atomic mass is 32.2. The van der Waals surface area contributed by atoms with Crippen LogP contribution in [0.15, 0.2) is 50.1 Å². The Bertz CT molecular complexity index is 1120. The van der Waals surface area contributed by atoms with Gasteiger partial charge in [0, 0.05) is 20.2 Å². The van der Waals surface area contributed by atoms with E-state index in [0.29, 0.717) is 0 Å². The number of nitriles is 1. The largest absolute Gasteiger partial charge is 0.455 e. The number of sulfonamides is 1. The van der Waals surface area contributed by atoms with Gasteiger partial charge in [-0.2, -0.15) is 10.2 Å². The van der Waals surface area contributed by atoms with Crippen molar-refractivity contribution in [1.82, 2.24) is 9.29 Å². The van der Waals surface area contributed by atoms with E-state index in [1.165, 1.54) is 20.2 Å². The number of rotatable bonds is 6. The lowest BCUT2D eigenvalue weighted by atomic mass is 10.1. The first-order chi connectivity index (χ1) is 13.2. The number of hydrogen-bond donors (Lipinski definition) is 1. The Morgan fingerprint density at radius 2 is 1.89 bits per heavy atom. The number of nitrogens with zero attached hydrogens (tertiary/aromatic N) is 3. The Balaban J connectivity index is 1.95. The summed E-state index contributed by atoms with van der Waals surface area (Å²) < 4.78 is 37.1. The zero-order valence-corrected chi connectivity index (χ0v) is 16.7. The number of aromatic nitrogens is 1. The fourth-order valence-electron chi connectivity index (χ4n) is 2.64. The predicted molar refractivity (Wildman–Crippen MR) is 103 cm³/mol. The second-order valence-corrected chi connectivity index (χ2v) is 8.52. The Labute approximate surface area is 163 Å². The van der Waals surface area contributed by atoms with E-state index in [-0.39, 0.29) is 39.9 Å². The molecule has 1 N–H and O–H groups in total. The van der Waals surface area contributed by atoms with Crippen molar-refractivity contribution in [2.75, 3.05) is 19.4 Å². The third-order valence-corrected chi connectivity index (χ3v) is 6.14. The maximum Gasteiger partial charge on any atom is 0.266 e. The van der Waals surface area contributed by atoms with Crippen LogP contribution in [-0.2, 0) is 10.0 Å². The average Bonchev–Trinajstić information content (AvgIpc) is 3.25. The first kappa shape index (κ1) is 19.7. The molecule has 146 valence electrons. The molecule has 0 saturated carbocycles. The van der Waals surface area contributed by atoms with Gasteiger partial charge in [-0.05, 0) is 19.4 Å². The molecule has 1 atom stereocenters. The van der Waals surface area contributed by atoms with Crippen LogP contribution in [0.5, 0.6) is 0 Å². The number of aryl methyl sites for hydroxylation is 1. The third-order valence-electron chi connectivity index (χ3n) is 4.22. The van der Waals surface area contributed by atoms with E-state index in [9.17, 15) is 13.7 Å². The van der Waals surface area contributed by atoms with Crippen molar-refractivity contribution in [2.45, 2.75) is 24.8 Å². The van der Waals surface area contributed by atoms with Gasteiger partial charge < -0.3 is 14.2 Å². The van der Waals surface area contributed by atoms with Gasteiger partial charge in [-0.15, -0.1) is 0 Å². The van der Waals surface area contributed by atoms with Crippen molar-refractivity contribution < 1.29 is 17.3 Å². The highest BCUT2D eigenvalue weighted by Crippen LogP contribution is 2.32. The molecular weight excluding hydrogens is 380 g/mol. The van der Waals surface area contributed by atoms with E-state index in [4.69, 9.17) is 8.83 Å². The molecule has 0 saturated heterocycles. The van der Waals surface area contributed by atoms with Gasteiger partial charge in [0.1, 0.15) is 16.7 Å². The zero-order valence-electron chi connectivity index (χ0n) is 15.9. The quantitative estimate of drug-likeness (QED) is 0.673. The molecule has 1 aromatic carbocycles. The Kier molecular flexibility index (Phi) is 5.27. The van der Waals surface area contributed by atoms with Gasteiger partial charge in [0.15, 0.2) is 5.76 Å². The smallest absolute Gasteiger partial charge is 0.266 e. The SMILES string of the molecule is Cc1oc(-c2nc(C#N)c(NC(C)c3ccccc3)o2)cc1S(=O)(=O)N(C)C. The summed E-state index contributed by atoms with van der Waals surface area (Å²) in [6.45, 7) is 3.47. The van der Waals surface area contributed by atoms with Crippen LogP contribution in [0.1, 0.15) is 30.0 Å². The number of oxazole rings is 1. The van der Waals surface area contributed by atoms with E-state index < -0.39 is 10.0 Å². The molecule has 9 heteroatoms. The molecule has 3 aromatic rings. The van der Waals surface area contributed by atoms with Crippen LogP contribution in [0.4, 0.5) is 5.88 Å². The fraction of sp³-hybridized carbons (Fsp3) is 0.263. The summed E-state index contributed by atoms with van der Waals surface area (Å²) in [6, 6.07) is 12.9. The normalized spacial score (nSPS) is 12.7. The third kappa shape index (κ3) is 3.65. The summed E-state index contributed by atoms with van der Waals surface area (Å²) in [5, 5.41) is 12.5. The van der Waals surface area contributed by atoms with Gasteiger partial charge in [0.25, 0.3) is 5.89 Å². The number of benzene rings is 1. The highest BCUT2D eigenvalue weighted by molar-refractivity contribution is 7.89. The van der Waals surface area contributed by atoms with Crippen LogP contribution in [0, 0.1) is 18.3 Å². The first-order valence-electron chi connectivity index (χ1n) is 8.49. The number of hydrogen-bond acceptors (Lipinski definition) is 7. The fourth-order valence-corrected chi connectivity index (χ4v) is 3.70. The zero-order chi connectivity index (χ0) is 20.5. The van der Waals surface area contributed by atoms with Crippen molar-refractivity contribution in [3.05, 3.63) is 53.4 Å². The summed E-state index contributed by atoms with van der Waals surface area (Å²) >= 11 is 0. The second kappa shape index (κ2) is 7.50. The molecule has 0 amide bonds. The topological polar surface area (TPSA) is 112 Å². The van der Waals surface area contributed by atoms with Gasteiger partial charge in [-0.3, -0.25) is 0 Å². The van der Waals surface area contributed by atoms with Crippen LogP contribution < -0.4 is 5.32 Å². The van der Waals surface area contributed by atoms with Crippen LogP contribution in [-0.4, -0.2) is 31.8 Å². The molecule has 0 aliphatic carbocycles. The lowest BCUT2D eigenvalue weighted by Crippen LogP contribution is -2.22. The maximum atomic E-state index is 12.4. The predicted octanol–water partition coefficient (Wildman–Crippen LogP) is 3.54. The monoisotopic (exact) mass is 400 g/mol. The van der Waals surface area contributed by atoms with Crippen molar-refractivity contribution in [1.29, 1.82) is 5.26 Å². The Morgan fingerprint density at radius 1 is 1.21 bits per heavy atom. The minimum atomic E-state index is -3.67. The van der Waals surface area contributed by atoms with E-state index in [1.54, 1.807) is 6.92 Å². The molecule has 0 radical (unpaired) electrons. The maximum absolute atomic E-state index is 12.4. The van der Waals surface area contributed by atoms with Gasteiger partial charge >= 0.3 is 0 Å². The van der Waals surface area contributed by atoms with E-state index in [2.05, 4.69) is 10.3 Å². The molecule has 0 aliphatic heterocycles. The van der Waals surface area contributed by atoms with Gasteiger partial charge in [0.05, 0.1) is 6.04 Å².